The van der Waals surface area contributed by atoms with Crippen molar-refractivity contribution in [2.45, 2.75) is 64.2 Å². The first kappa shape index (κ1) is 15.0. The summed E-state index contributed by atoms with van der Waals surface area (Å²) >= 11 is 0. The van der Waals surface area contributed by atoms with Crippen molar-refractivity contribution in [2.24, 2.45) is 0 Å². The van der Waals surface area contributed by atoms with E-state index in [0.29, 0.717) is 6.61 Å². The van der Waals surface area contributed by atoms with Crippen molar-refractivity contribution in [1.29, 1.82) is 0 Å². The molecule has 5 heteroatoms. The minimum atomic E-state index is -0.454. The van der Waals surface area contributed by atoms with Crippen LogP contribution in [0.25, 0.3) is 0 Å². The zero-order valence-corrected chi connectivity index (χ0v) is 11.4. The Bertz CT molecular complexity index is 223. The van der Waals surface area contributed by atoms with Crippen LogP contribution in [0.2, 0.25) is 0 Å². The molecule has 1 saturated heterocycles. The molecular formula is C12H23BO4. The fraction of sp³-hybridized carbons (Fsp3) is 1.00. The molecule has 4 atom stereocenters. The quantitative estimate of drug-likeness (QED) is 0.654. The molecule has 0 saturated carbocycles. The molecular weight excluding hydrogens is 219 g/mol. The first-order valence-electron chi connectivity index (χ1n) is 6.16. The van der Waals surface area contributed by atoms with E-state index in [2.05, 4.69) is 0 Å². The van der Waals surface area contributed by atoms with Gasteiger partial charge < -0.3 is 18.9 Å². The third kappa shape index (κ3) is 4.25. The molecule has 2 radical (unpaired) electrons. The van der Waals surface area contributed by atoms with Gasteiger partial charge in [-0.3, -0.25) is 0 Å². The van der Waals surface area contributed by atoms with Gasteiger partial charge >= 0.3 is 0 Å². The van der Waals surface area contributed by atoms with Crippen LogP contribution in [0.5, 0.6) is 0 Å². The monoisotopic (exact) mass is 242 g/mol. The van der Waals surface area contributed by atoms with E-state index in [1.54, 1.807) is 7.11 Å². The summed E-state index contributed by atoms with van der Waals surface area (Å²) in [5, 5.41) is 0. The van der Waals surface area contributed by atoms with Crippen molar-refractivity contribution >= 4 is 7.85 Å². The van der Waals surface area contributed by atoms with E-state index in [9.17, 15) is 0 Å². The number of ether oxygens (including phenoxy) is 4. The summed E-state index contributed by atoms with van der Waals surface area (Å²) in [6, 6.07) is -0.454. The molecule has 0 N–H and O–H groups in total. The molecule has 1 unspecified atom stereocenters. The molecule has 0 aromatic heterocycles. The van der Waals surface area contributed by atoms with Crippen molar-refractivity contribution in [3.8, 4) is 0 Å². The molecule has 0 aromatic rings. The van der Waals surface area contributed by atoms with Crippen LogP contribution < -0.4 is 0 Å². The number of hydrogen-bond donors (Lipinski definition) is 0. The molecule has 1 rings (SSSR count). The highest BCUT2D eigenvalue weighted by Gasteiger charge is 2.43. The Morgan fingerprint density at radius 1 is 1.12 bits per heavy atom. The predicted molar refractivity (Wildman–Crippen MR) is 66.3 cm³/mol. The van der Waals surface area contributed by atoms with Crippen LogP contribution in [0.3, 0.4) is 0 Å². The molecule has 0 spiro atoms. The van der Waals surface area contributed by atoms with Gasteiger partial charge in [0.05, 0.1) is 18.8 Å². The molecule has 98 valence electrons. The fourth-order valence-corrected chi connectivity index (χ4v) is 1.92. The van der Waals surface area contributed by atoms with Gasteiger partial charge in [0.15, 0.2) is 0 Å². The van der Waals surface area contributed by atoms with Crippen LogP contribution in [0.1, 0.15) is 27.7 Å². The number of rotatable bonds is 6. The summed E-state index contributed by atoms with van der Waals surface area (Å²) in [6.07, 6.45) is -0.309. The summed E-state index contributed by atoms with van der Waals surface area (Å²) in [6.45, 7) is 8.42. The smallest absolute Gasteiger partial charge is 0.114 e. The van der Waals surface area contributed by atoms with E-state index in [-0.39, 0.29) is 30.5 Å². The molecule has 1 heterocycles. The Morgan fingerprint density at radius 2 is 1.76 bits per heavy atom. The lowest BCUT2D eigenvalue weighted by atomic mass is 9.92. The Labute approximate surface area is 105 Å². The van der Waals surface area contributed by atoms with Gasteiger partial charge in [-0.25, -0.2) is 0 Å². The molecule has 1 aliphatic rings. The lowest BCUT2D eigenvalue weighted by Gasteiger charge is -2.25. The Kier molecular flexibility index (Phi) is 5.93. The normalized spacial score (nSPS) is 33.8. The van der Waals surface area contributed by atoms with E-state index in [1.165, 1.54) is 0 Å². The third-order valence-electron chi connectivity index (χ3n) is 2.64. The summed E-state index contributed by atoms with van der Waals surface area (Å²) in [4.78, 5) is 0. The van der Waals surface area contributed by atoms with Gasteiger partial charge in [0.1, 0.15) is 26.2 Å². The van der Waals surface area contributed by atoms with Crippen molar-refractivity contribution < 1.29 is 18.9 Å². The second-order valence-electron chi connectivity index (χ2n) is 4.87. The van der Waals surface area contributed by atoms with Crippen molar-refractivity contribution in [3.63, 3.8) is 0 Å². The van der Waals surface area contributed by atoms with Gasteiger partial charge in [-0.05, 0) is 27.7 Å². The second-order valence-corrected chi connectivity index (χ2v) is 4.87. The Balaban J connectivity index is 2.60. The largest absolute Gasteiger partial charge is 0.377 e. The van der Waals surface area contributed by atoms with Gasteiger partial charge in [0.25, 0.3) is 0 Å². The maximum absolute atomic E-state index is 5.87. The van der Waals surface area contributed by atoms with Gasteiger partial charge in [-0.15, -0.1) is 0 Å². The summed E-state index contributed by atoms with van der Waals surface area (Å²) in [5.41, 5.74) is 0. The lowest BCUT2D eigenvalue weighted by molar-refractivity contribution is -0.0977. The molecule has 0 bridgehead atoms. The minimum absolute atomic E-state index is 0.105. The summed E-state index contributed by atoms with van der Waals surface area (Å²) < 4.78 is 22.4. The van der Waals surface area contributed by atoms with Crippen LogP contribution in [-0.2, 0) is 18.9 Å². The number of methoxy groups -OCH3 is 1. The fourth-order valence-electron chi connectivity index (χ4n) is 1.92. The van der Waals surface area contributed by atoms with E-state index >= 15 is 0 Å². The van der Waals surface area contributed by atoms with Crippen LogP contribution in [0.15, 0.2) is 0 Å². The SMILES string of the molecule is [B][C@@H]1O[C@H](COC(C)C)[C@H](OC(C)C)C1OC. The van der Waals surface area contributed by atoms with Crippen LogP contribution in [-0.4, -0.2) is 58.1 Å². The molecule has 4 nitrogen and oxygen atoms in total. The van der Waals surface area contributed by atoms with Crippen molar-refractivity contribution in [3.05, 3.63) is 0 Å². The highest BCUT2D eigenvalue weighted by Crippen LogP contribution is 2.26. The number of hydrogen-bond acceptors (Lipinski definition) is 4. The lowest BCUT2D eigenvalue weighted by Crippen LogP contribution is -2.40. The van der Waals surface area contributed by atoms with Gasteiger partial charge in [-0.1, -0.05) is 0 Å². The first-order valence-corrected chi connectivity index (χ1v) is 6.16. The average molecular weight is 242 g/mol. The zero-order chi connectivity index (χ0) is 13.0. The van der Waals surface area contributed by atoms with Crippen LogP contribution in [0, 0.1) is 0 Å². The molecule has 0 amide bonds. The van der Waals surface area contributed by atoms with Crippen LogP contribution >= 0.6 is 0 Å². The molecule has 1 aliphatic heterocycles. The summed E-state index contributed by atoms with van der Waals surface area (Å²) in [7, 11) is 7.49. The zero-order valence-electron chi connectivity index (χ0n) is 11.4. The van der Waals surface area contributed by atoms with Gasteiger partial charge in [-0.2, -0.15) is 0 Å². The molecule has 1 fully saturated rings. The van der Waals surface area contributed by atoms with E-state index < -0.39 is 6.00 Å². The maximum Gasteiger partial charge on any atom is 0.114 e. The highest BCUT2D eigenvalue weighted by molar-refractivity contribution is 6.11. The molecule has 17 heavy (non-hydrogen) atoms. The first-order chi connectivity index (χ1) is 7.95. The van der Waals surface area contributed by atoms with E-state index in [1.807, 2.05) is 27.7 Å². The third-order valence-corrected chi connectivity index (χ3v) is 2.64. The highest BCUT2D eigenvalue weighted by atomic mass is 16.6. The average Bonchev–Trinajstić information content (AvgIpc) is 2.51. The Morgan fingerprint density at radius 3 is 2.24 bits per heavy atom. The summed E-state index contributed by atoms with van der Waals surface area (Å²) in [5.74, 6) is 0. The molecule has 0 aliphatic carbocycles. The minimum Gasteiger partial charge on any atom is -0.377 e. The van der Waals surface area contributed by atoms with Crippen molar-refractivity contribution in [2.75, 3.05) is 13.7 Å². The van der Waals surface area contributed by atoms with Gasteiger partial charge in [0, 0.05) is 13.1 Å². The van der Waals surface area contributed by atoms with Crippen molar-refractivity contribution in [1.82, 2.24) is 0 Å². The molecule has 0 aromatic carbocycles. The standard InChI is InChI=1S/C12H23BO4/c1-7(2)15-6-9-10(16-8(3)4)11(14-5)12(13)17-9/h7-12H,6H2,1-5H3/t9-,10+,11?,12-/m1/s1. The van der Waals surface area contributed by atoms with Gasteiger partial charge in [0.2, 0.25) is 0 Å². The predicted octanol–water partition coefficient (Wildman–Crippen LogP) is 1.11. The van der Waals surface area contributed by atoms with Crippen LogP contribution in [0.4, 0.5) is 0 Å². The van der Waals surface area contributed by atoms with E-state index in [4.69, 9.17) is 26.8 Å². The van der Waals surface area contributed by atoms with E-state index in [0.717, 1.165) is 0 Å². The second kappa shape index (κ2) is 6.73. The topological polar surface area (TPSA) is 36.9 Å². The maximum atomic E-state index is 5.87. The Hall–Kier alpha value is -0.0951.